The van der Waals surface area contributed by atoms with Crippen molar-refractivity contribution in [2.75, 3.05) is 13.1 Å². The lowest BCUT2D eigenvalue weighted by Crippen LogP contribution is -2.55. The molecule has 0 radical (unpaired) electrons. The molecule has 1 unspecified atom stereocenters. The molecule has 0 saturated carbocycles. The first-order valence-electron chi connectivity index (χ1n) is 14.6. The Hall–Kier alpha value is -5.94. The van der Waals surface area contributed by atoms with E-state index in [4.69, 9.17) is 38.2 Å². The van der Waals surface area contributed by atoms with Gasteiger partial charge in [-0.3, -0.25) is 29.6 Å². The summed E-state index contributed by atoms with van der Waals surface area (Å²) in [6, 6.07) is 13.4. The minimum absolute atomic E-state index is 0.0153. The molecule has 4 amide bonds. The molecule has 18 heteroatoms. The molecule has 0 saturated heterocycles. The number of halogens is 3. The molecule has 0 aliphatic rings. The Labute approximate surface area is 279 Å². The summed E-state index contributed by atoms with van der Waals surface area (Å²) < 4.78 is 31.7. The van der Waals surface area contributed by atoms with E-state index in [1.807, 2.05) is 6.07 Å². The highest BCUT2D eigenvalue weighted by atomic mass is 19.4. The van der Waals surface area contributed by atoms with E-state index in [-0.39, 0.29) is 44.1 Å². The quantitative estimate of drug-likeness (QED) is 0.0349. The first-order valence-corrected chi connectivity index (χ1v) is 14.6. The Morgan fingerprint density at radius 1 is 0.857 bits per heavy atom. The van der Waals surface area contributed by atoms with Crippen LogP contribution in [0.25, 0.3) is 0 Å². The molecule has 49 heavy (non-hydrogen) atoms. The average Bonchev–Trinajstić information content (AvgIpc) is 3.03. The lowest BCUT2D eigenvalue weighted by molar-refractivity contribution is -0.192. The lowest BCUT2D eigenvalue weighted by atomic mass is 9.95. The van der Waals surface area contributed by atoms with Crippen molar-refractivity contribution in [2.24, 2.45) is 33.8 Å². The molecule has 2 aromatic rings. The maximum Gasteiger partial charge on any atom is 0.490 e. The highest BCUT2D eigenvalue weighted by Crippen LogP contribution is 2.14. The third-order valence-corrected chi connectivity index (χ3v) is 6.52. The van der Waals surface area contributed by atoms with E-state index in [0.29, 0.717) is 17.5 Å². The molecular weight excluding hydrogens is 651 g/mol. The van der Waals surface area contributed by atoms with Crippen LogP contribution in [0.4, 0.5) is 13.2 Å². The number of carbonyl (C=O) groups excluding carboxylic acids is 4. The van der Waals surface area contributed by atoms with Crippen LogP contribution in [-0.4, -0.2) is 77.8 Å². The van der Waals surface area contributed by atoms with Gasteiger partial charge in [0, 0.05) is 25.1 Å². The van der Waals surface area contributed by atoms with Crippen molar-refractivity contribution >= 4 is 41.4 Å². The maximum absolute atomic E-state index is 13.6. The number of guanidine groups is 1. The van der Waals surface area contributed by atoms with E-state index >= 15 is 0 Å². The number of hydrogen-bond acceptors (Lipinski definition) is 7. The van der Waals surface area contributed by atoms with Crippen molar-refractivity contribution in [3.05, 3.63) is 83.9 Å². The molecule has 0 aromatic heterocycles. The van der Waals surface area contributed by atoms with Gasteiger partial charge >= 0.3 is 12.1 Å². The van der Waals surface area contributed by atoms with Crippen molar-refractivity contribution in [3.63, 3.8) is 0 Å². The van der Waals surface area contributed by atoms with E-state index in [0.717, 1.165) is 5.56 Å². The fourth-order valence-corrected chi connectivity index (χ4v) is 4.05. The van der Waals surface area contributed by atoms with Crippen molar-refractivity contribution < 1.29 is 42.3 Å². The van der Waals surface area contributed by atoms with Gasteiger partial charge in [-0.05, 0) is 30.4 Å². The SMILES string of the molecule is C=CCNC(=O)C(Cc1ccc(C(=N)N)cc1)C(=O)N[C@@H](Cc1ccccc1)C(=O)N[C@@H](CCCN=C(N)N)C(N)=O.O=C(O)C(F)(F)F. The Kier molecular flexibility index (Phi) is 17.0. The third-order valence-electron chi connectivity index (χ3n) is 6.52. The average molecular weight is 692 g/mol. The molecule has 0 aliphatic heterocycles. The molecule has 0 bridgehead atoms. The second-order valence-electron chi connectivity index (χ2n) is 10.4. The van der Waals surface area contributed by atoms with Gasteiger partial charge in [0.1, 0.15) is 23.8 Å². The Morgan fingerprint density at radius 3 is 1.90 bits per heavy atom. The molecule has 3 atom stereocenters. The van der Waals surface area contributed by atoms with E-state index < -0.39 is 53.8 Å². The number of nitrogens with two attached hydrogens (primary N) is 4. The van der Waals surface area contributed by atoms with Gasteiger partial charge in [0.25, 0.3) is 0 Å². The number of amides is 4. The number of carbonyl (C=O) groups is 5. The maximum atomic E-state index is 13.6. The van der Waals surface area contributed by atoms with Gasteiger partial charge < -0.3 is 44.0 Å². The summed E-state index contributed by atoms with van der Waals surface area (Å²) in [7, 11) is 0. The van der Waals surface area contributed by atoms with E-state index in [1.54, 1.807) is 48.5 Å². The zero-order valence-corrected chi connectivity index (χ0v) is 26.3. The molecule has 2 rings (SSSR count). The van der Waals surface area contributed by atoms with E-state index in [1.165, 1.54) is 6.08 Å². The molecule has 0 fully saturated rings. The topological polar surface area (TPSA) is 282 Å². The van der Waals surface area contributed by atoms with Crippen LogP contribution in [-0.2, 0) is 36.8 Å². The number of aliphatic carboxylic acids is 1. The summed E-state index contributed by atoms with van der Waals surface area (Å²) in [6.45, 7) is 3.96. The van der Waals surface area contributed by atoms with Crippen LogP contribution in [0.2, 0.25) is 0 Å². The standard InChI is InChI=1S/C29H39N9O4.C2HF3O2/c1-2-14-35-26(40)21(16-19-10-12-20(13-11-19)24(30)31)27(41)38-23(17-18-7-4-3-5-8-18)28(42)37-22(25(32)39)9-6-15-36-29(33)34;3-2(4,5)1(6)7/h2-5,7-8,10-13,21-23H,1,6,9,14-17H2,(H3,30,31)(H2,32,39)(H,35,40)(H,37,42)(H,38,41)(H4,33,34,36);(H,6,7)/t21?,22-,23-;/m0./s1. The van der Waals surface area contributed by atoms with Crippen LogP contribution in [0.15, 0.2) is 72.2 Å². The molecule has 0 aliphatic carbocycles. The Morgan fingerprint density at radius 2 is 1.41 bits per heavy atom. The van der Waals surface area contributed by atoms with Crippen LogP contribution < -0.4 is 38.9 Å². The molecule has 15 nitrogen and oxygen atoms in total. The van der Waals surface area contributed by atoms with Crippen LogP contribution in [0, 0.1) is 11.3 Å². The number of aliphatic imine (C=N–C) groups is 1. The van der Waals surface area contributed by atoms with Crippen LogP contribution in [0.5, 0.6) is 0 Å². The molecular formula is C31H40F3N9O6. The van der Waals surface area contributed by atoms with Gasteiger partial charge in [0.2, 0.25) is 23.6 Å². The largest absolute Gasteiger partial charge is 0.490 e. The van der Waals surface area contributed by atoms with Crippen LogP contribution in [0.1, 0.15) is 29.5 Å². The first-order chi connectivity index (χ1) is 23.0. The summed E-state index contributed by atoms with van der Waals surface area (Å²) >= 11 is 0. The number of benzene rings is 2. The number of amidine groups is 1. The predicted octanol–water partition coefficient (Wildman–Crippen LogP) is -0.184. The van der Waals surface area contributed by atoms with Gasteiger partial charge in [-0.15, -0.1) is 6.58 Å². The third kappa shape index (κ3) is 15.9. The van der Waals surface area contributed by atoms with E-state index in [9.17, 15) is 32.3 Å². The number of rotatable bonds is 17. The van der Waals surface area contributed by atoms with Gasteiger partial charge in [0.15, 0.2) is 5.96 Å². The predicted molar refractivity (Wildman–Crippen MR) is 175 cm³/mol. The van der Waals surface area contributed by atoms with Crippen molar-refractivity contribution in [1.29, 1.82) is 5.41 Å². The minimum Gasteiger partial charge on any atom is -0.475 e. The zero-order valence-electron chi connectivity index (χ0n) is 26.3. The number of carboxylic acids is 1. The molecule has 0 heterocycles. The summed E-state index contributed by atoms with van der Waals surface area (Å²) in [5.74, 6) is -6.81. The monoisotopic (exact) mass is 691 g/mol. The van der Waals surface area contributed by atoms with Crippen LogP contribution in [0.3, 0.4) is 0 Å². The molecule has 266 valence electrons. The number of nitrogens with one attached hydrogen (secondary N) is 4. The fraction of sp³-hybridized carbons (Fsp3) is 0.323. The first kappa shape index (κ1) is 41.1. The second-order valence-corrected chi connectivity index (χ2v) is 10.4. The van der Waals surface area contributed by atoms with Gasteiger partial charge in [0.05, 0.1) is 0 Å². The molecule has 2 aromatic carbocycles. The van der Waals surface area contributed by atoms with Gasteiger partial charge in [-0.25, -0.2) is 4.79 Å². The summed E-state index contributed by atoms with van der Waals surface area (Å²) in [5, 5.41) is 22.6. The summed E-state index contributed by atoms with van der Waals surface area (Å²) in [4.78, 5) is 64.9. The number of nitrogen functional groups attached to an aromatic ring is 1. The number of hydrogen-bond donors (Lipinski definition) is 9. The van der Waals surface area contributed by atoms with Crippen molar-refractivity contribution in [1.82, 2.24) is 16.0 Å². The van der Waals surface area contributed by atoms with E-state index in [2.05, 4.69) is 27.5 Å². The Balaban J connectivity index is 0.00000154. The highest BCUT2D eigenvalue weighted by Gasteiger charge is 2.38. The van der Waals surface area contributed by atoms with Gasteiger partial charge in [-0.1, -0.05) is 60.7 Å². The van der Waals surface area contributed by atoms with Gasteiger partial charge in [-0.2, -0.15) is 13.2 Å². The fourth-order valence-electron chi connectivity index (χ4n) is 4.05. The normalized spacial score (nSPS) is 12.4. The Bertz CT molecular complexity index is 1480. The lowest BCUT2D eigenvalue weighted by Gasteiger charge is -2.24. The van der Waals surface area contributed by atoms with Crippen molar-refractivity contribution in [2.45, 2.75) is 43.9 Å². The number of primary amides is 1. The number of alkyl halides is 3. The minimum atomic E-state index is -5.08. The van der Waals surface area contributed by atoms with Crippen LogP contribution >= 0.6 is 0 Å². The number of carboxylic acid groups (broad SMARTS) is 1. The summed E-state index contributed by atoms with van der Waals surface area (Å²) in [5.41, 5.74) is 23.6. The molecule has 0 spiro atoms. The zero-order chi connectivity index (χ0) is 37.1. The second kappa shape index (κ2) is 20.3. The molecule has 13 N–H and O–H groups in total. The van der Waals surface area contributed by atoms with Crippen molar-refractivity contribution in [3.8, 4) is 0 Å². The number of nitrogens with zero attached hydrogens (tertiary/aromatic N) is 1. The smallest absolute Gasteiger partial charge is 0.475 e. The summed E-state index contributed by atoms with van der Waals surface area (Å²) in [6.07, 6.45) is -2.95. The highest BCUT2D eigenvalue weighted by molar-refractivity contribution is 6.02.